The molecule has 0 saturated carbocycles. The zero-order chi connectivity index (χ0) is 23.5. The van der Waals surface area contributed by atoms with Crippen LogP contribution in [0.1, 0.15) is 63.1 Å². The van der Waals surface area contributed by atoms with Gasteiger partial charge in [0.1, 0.15) is 16.9 Å². The molecule has 1 heterocycles. The lowest BCUT2D eigenvalue weighted by atomic mass is 9.93. The number of nitriles is 1. The average Bonchev–Trinajstić information content (AvgIpc) is 2.73. The van der Waals surface area contributed by atoms with Gasteiger partial charge in [-0.15, -0.1) is 0 Å². The fraction of sp³-hybridized carbons (Fsp3) is 0.346. The van der Waals surface area contributed by atoms with Gasteiger partial charge in [0.05, 0.1) is 23.1 Å². The van der Waals surface area contributed by atoms with E-state index in [0.29, 0.717) is 34.3 Å². The number of ether oxygens (including phenoxy) is 1. The Morgan fingerprint density at radius 3 is 2.44 bits per heavy atom. The van der Waals surface area contributed by atoms with Gasteiger partial charge >= 0.3 is 6.09 Å². The molecule has 166 valence electrons. The third-order valence-corrected chi connectivity index (χ3v) is 4.99. The van der Waals surface area contributed by atoms with Gasteiger partial charge in [0.15, 0.2) is 5.43 Å². The standard InChI is InChI=1S/C26H28N2O4/c1-16(2)22(28-25(30)32-26(3,4)5)24-20(13-17-9-7-6-8-10-17)23(29)19-12-11-18(15-27)14-21(19)31-24/h6-12,14,16,22H,13H2,1-5H3,(H,28,30). The molecule has 32 heavy (non-hydrogen) atoms. The maximum Gasteiger partial charge on any atom is 0.408 e. The van der Waals surface area contributed by atoms with Crippen LogP contribution in [0.15, 0.2) is 57.7 Å². The molecule has 0 bridgehead atoms. The topological polar surface area (TPSA) is 92.3 Å². The molecule has 0 radical (unpaired) electrons. The second kappa shape index (κ2) is 9.27. The van der Waals surface area contributed by atoms with E-state index in [-0.39, 0.29) is 11.3 Å². The molecule has 6 heteroatoms. The molecule has 0 spiro atoms. The number of alkyl carbamates (subject to hydrolysis) is 1. The number of fused-ring (bicyclic) bond motifs is 1. The molecule has 1 unspecified atom stereocenters. The van der Waals surface area contributed by atoms with E-state index in [0.717, 1.165) is 5.56 Å². The highest BCUT2D eigenvalue weighted by Crippen LogP contribution is 2.29. The van der Waals surface area contributed by atoms with Crippen LogP contribution in [-0.2, 0) is 11.2 Å². The number of carbonyl (C=O) groups excluding carboxylic acids is 1. The van der Waals surface area contributed by atoms with Crippen molar-refractivity contribution < 1.29 is 13.9 Å². The van der Waals surface area contributed by atoms with Crippen LogP contribution in [0.5, 0.6) is 0 Å². The quantitative estimate of drug-likeness (QED) is 0.576. The molecule has 1 aromatic heterocycles. The van der Waals surface area contributed by atoms with Gasteiger partial charge in [0.2, 0.25) is 0 Å². The number of benzene rings is 2. The van der Waals surface area contributed by atoms with Gasteiger partial charge in [-0.05, 0) is 50.5 Å². The second-order valence-corrected chi connectivity index (χ2v) is 9.13. The predicted molar refractivity (Wildman–Crippen MR) is 123 cm³/mol. The maximum absolute atomic E-state index is 13.5. The Hall–Kier alpha value is -3.59. The molecule has 3 aromatic rings. The lowest BCUT2D eigenvalue weighted by molar-refractivity contribution is 0.0481. The van der Waals surface area contributed by atoms with Crippen molar-refractivity contribution in [1.29, 1.82) is 5.26 Å². The van der Waals surface area contributed by atoms with Crippen LogP contribution in [-0.4, -0.2) is 11.7 Å². The van der Waals surface area contributed by atoms with E-state index in [4.69, 9.17) is 9.15 Å². The first-order chi connectivity index (χ1) is 15.1. The maximum atomic E-state index is 13.5. The van der Waals surface area contributed by atoms with Crippen LogP contribution in [0.4, 0.5) is 4.79 Å². The first kappa shape index (κ1) is 23.1. The predicted octanol–water partition coefficient (Wildman–Crippen LogP) is 5.48. The summed E-state index contributed by atoms with van der Waals surface area (Å²) >= 11 is 0. The number of carbonyl (C=O) groups is 1. The van der Waals surface area contributed by atoms with Crippen molar-refractivity contribution in [2.75, 3.05) is 0 Å². The van der Waals surface area contributed by atoms with E-state index in [1.54, 1.807) is 39.0 Å². The highest BCUT2D eigenvalue weighted by Gasteiger charge is 2.29. The average molecular weight is 433 g/mol. The number of amides is 1. The molecule has 0 aliphatic carbocycles. The molecule has 0 aliphatic heterocycles. The Balaban J connectivity index is 2.18. The summed E-state index contributed by atoms with van der Waals surface area (Å²) in [4.78, 5) is 26.1. The summed E-state index contributed by atoms with van der Waals surface area (Å²) in [7, 11) is 0. The van der Waals surface area contributed by atoms with Crippen LogP contribution in [0.3, 0.4) is 0 Å². The highest BCUT2D eigenvalue weighted by molar-refractivity contribution is 5.79. The summed E-state index contributed by atoms with van der Waals surface area (Å²) in [5.74, 6) is 0.291. The molecule has 1 N–H and O–H groups in total. The molecule has 3 rings (SSSR count). The molecule has 1 atom stereocenters. The SMILES string of the molecule is CC(C)C(NC(=O)OC(C)(C)C)c1oc2cc(C#N)ccc2c(=O)c1Cc1ccccc1. The highest BCUT2D eigenvalue weighted by atomic mass is 16.6. The van der Waals surface area contributed by atoms with Gasteiger partial charge < -0.3 is 14.5 Å². The second-order valence-electron chi connectivity index (χ2n) is 9.13. The van der Waals surface area contributed by atoms with Crippen LogP contribution in [0, 0.1) is 17.2 Å². The minimum absolute atomic E-state index is 0.0863. The van der Waals surface area contributed by atoms with Gasteiger partial charge in [-0.1, -0.05) is 44.2 Å². The van der Waals surface area contributed by atoms with Crippen molar-refractivity contribution in [3.05, 3.63) is 81.2 Å². The fourth-order valence-corrected chi connectivity index (χ4v) is 3.51. The van der Waals surface area contributed by atoms with E-state index in [2.05, 4.69) is 11.4 Å². The summed E-state index contributed by atoms with van der Waals surface area (Å²) < 4.78 is 11.7. The summed E-state index contributed by atoms with van der Waals surface area (Å²) in [6.45, 7) is 9.24. The van der Waals surface area contributed by atoms with E-state index < -0.39 is 17.7 Å². The fourth-order valence-electron chi connectivity index (χ4n) is 3.51. The van der Waals surface area contributed by atoms with Crippen molar-refractivity contribution in [2.45, 2.75) is 52.7 Å². The molecule has 1 amide bonds. The molecular weight excluding hydrogens is 404 g/mol. The first-order valence-corrected chi connectivity index (χ1v) is 10.6. The molecule has 0 saturated heterocycles. The molecule has 2 aromatic carbocycles. The monoisotopic (exact) mass is 432 g/mol. The normalized spacial score (nSPS) is 12.4. The van der Waals surface area contributed by atoms with Crippen LogP contribution in [0.2, 0.25) is 0 Å². The summed E-state index contributed by atoms with van der Waals surface area (Å²) in [5, 5.41) is 12.5. The van der Waals surface area contributed by atoms with Crippen molar-refractivity contribution in [1.82, 2.24) is 5.32 Å². The lowest BCUT2D eigenvalue weighted by Gasteiger charge is -2.26. The van der Waals surface area contributed by atoms with Crippen molar-refractivity contribution >= 4 is 17.1 Å². The zero-order valence-electron chi connectivity index (χ0n) is 19.1. The Morgan fingerprint density at radius 1 is 1.16 bits per heavy atom. The minimum Gasteiger partial charge on any atom is -0.458 e. The Labute approximate surface area is 187 Å². The smallest absolute Gasteiger partial charge is 0.408 e. The Kier molecular flexibility index (Phi) is 6.69. The molecule has 0 aliphatic rings. The lowest BCUT2D eigenvalue weighted by Crippen LogP contribution is -2.37. The summed E-state index contributed by atoms with van der Waals surface area (Å²) in [6, 6.07) is 15.9. The van der Waals surface area contributed by atoms with E-state index in [1.165, 1.54) is 0 Å². The van der Waals surface area contributed by atoms with Crippen molar-refractivity contribution in [2.24, 2.45) is 5.92 Å². The molecule has 6 nitrogen and oxygen atoms in total. The van der Waals surface area contributed by atoms with Crippen LogP contribution < -0.4 is 10.7 Å². The van der Waals surface area contributed by atoms with E-state index >= 15 is 0 Å². The number of hydrogen-bond acceptors (Lipinski definition) is 5. The molecular formula is C26H28N2O4. The van der Waals surface area contributed by atoms with Gasteiger partial charge in [-0.3, -0.25) is 4.79 Å². The number of hydrogen-bond donors (Lipinski definition) is 1. The third-order valence-electron chi connectivity index (χ3n) is 4.99. The van der Waals surface area contributed by atoms with Crippen molar-refractivity contribution in [3.8, 4) is 6.07 Å². The third kappa shape index (κ3) is 5.36. The van der Waals surface area contributed by atoms with Gasteiger partial charge in [-0.2, -0.15) is 5.26 Å². The first-order valence-electron chi connectivity index (χ1n) is 10.6. The summed E-state index contributed by atoms with van der Waals surface area (Å²) in [6.07, 6.45) is -0.233. The Bertz CT molecular complexity index is 1210. The van der Waals surface area contributed by atoms with Crippen molar-refractivity contribution in [3.63, 3.8) is 0 Å². The van der Waals surface area contributed by atoms with Crippen LogP contribution in [0.25, 0.3) is 11.0 Å². The van der Waals surface area contributed by atoms with Gasteiger partial charge in [-0.25, -0.2) is 4.79 Å². The number of rotatable bonds is 5. The van der Waals surface area contributed by atoms with Gasteiger partial charge in [0, 0.05) is 12.0 Å². The van der Waals surface area contributed by atoms with Gasteiger partial charge in [0.25, 0.3) is 0 Å². The number of nitrogens with zero attached hydrogens (tertiary/aromatic N) is 1. The zero-order valence-corrected chi connectivity index (χ0v) is 19.1. The largest absolute Gasteiger partial charge is 0.458 e. The Morgan fingerprint density at radius 2 is 1.84 bits per heavy atom. The minimum atomic E-state index is -0.662. The number of nitrogens with one attached hydrogen (secondary N) is 1. The summed E-state index contributed by atoms with van der Waals surface area (Å²) in [5.41, 5.74) is 1.30. The van der Waals surface area contributed by atoms with E-state index in [1.807, 2.05) is 44.2 Å². The van der Waals surface area contributed by atoms with E-state index in [9.17, 15) is 14.9 Å². The molecule has 0 fully saturated rings. The van der Waals surface area contributed by atoms with Crippen LogP contribution >= 0.6 is 0 Å².